The quantitative estimate of drug-likeness (QED) is 0.0195. The Kier molecular flexibility index (Phi) is 55.7. The van der Waals surface area contributed by atoms with E-state index in [0.29, 0.717) is 19.3 Å². The smallest absolute Gasteiger partial charge is 0.306 e. The van der Waals surface area contributed by atoms with Gasteiger partial charge in [0.05, 0.1) is 25.4 Å². The third kappa shape index (κ3) is 46.1. The van der Waals surface area contributed by atoms with E-state index in [4.69, 9.17) is 14.2 Å². The van der Waals surface area contributed by atoms with Crippen molar-refractivity contribution >= 4 is 11.9 Å². The number of allylic oxidation sites excluding steroid dienone is 3. The van der Waals surface area contributed by atoms with Crippen molar-refractivity contribution < 1.29 is 49.3 Å². The Hall–Kier alpha value is -1.86. The number of hydrogen-bond acceptors (Lipinski definition) is 10. The van der Waals surface area contributed by atoms with Crippen molar-refractivity contribution in [2.24, 2.45) is 0 Å². The van der Waals surface area contributed by atoms with Crippen LogP contribution in [-0.4, -0.2) is 99.6 Å². The van der Waals surface area contributed by atoms with E-state index in [1.54, 1.807) is 6.08 Å². The molecule has 0 aliphatic carbocycles. The largest absolute Gasteiger partial charge is 0.454 e. The fraction of sp³-hybridized carbons (Fsp3) is 0.914. The molecule has 0 bridgehead atoms. The van der Waals surface area contributed by atoms with Crippen LogP contribution in [-0.2, 0) is 23.8 Å². The van der Waals surface area contributed by atoms with Gasteiger partial charge in [-0.3, -0.25) is 9.59 Å². The minimum absolute atomic E-state index is 0.130. The van der Waals surface area contributed by atoms with Crippen LogP contribution in [0, 0.1) is 0 Å². The molecular formula is C70H133NO10. The summed E-state index contributed by atoms with van der Waals surface area (Å²) in [5.41, 5.74) is 0. The molecule has 1 rings (SSSR count). The second-order valence-corrected chi connectivity index (χ2v) is 24.6. The lowest BCUT2D eigenvalue weighted by Gasteiger charge is -2.41. The molecule has 81 heavy (non-hydrogen) atoms. The molecule has 1 fully saturated rings. The molecule has 1 aliphatic heterocycles. The number of unbranched alkanes of at least 4 members (excludes halogenated alkanes) is 45. The Balaban J connectivity index is 2.58. The summed E-state index contributed by atoms with van der Waals surface area (Å²) in [7, 11) is 0. The van der Waals surface area contributed by atoms with Crippen LogP contribution in [0.15, 0.2) is 24.3 Å². The average molecular weight is 1150 g/mol. The topological polar surface area (TPSA) is 175 Å². The van der Waals surface area contributed by atoms with Gasteiger partial charge in [0.25, 0.3) is 0 Å². The molecule has 0 aromatic rings. The van der Waals surface area contributed by atoms with Crippen molar-refractivity contribution in [2.45, 2.75) is 397 Å². The maximum Gasteiger partial charge on any atom is 0.306 e. The van der Waals surface area contributed by atoms with Crippen molar-refractivity contribution in [2.75, 3.05) is 13.2 Å². The van der Waals surface area contributed by atoms with E-state index in [1.807, 2.05) is 6.08 Å². The van der Waals surface area contributed by atoms with E-state index >= 15 is 0 Å². The Morgan fingerprint density at radius 3 is 1.20 bits per heavy atom. The van der Waals surface area contributed by atoms with E-state index in [9.17, 15) is 35.1 Å². The molecular weight excluding hydrogens is 1010 g/mol. The second kappa shape index (κ2) is 58.5. The van der Waals surface area contributed by atoms with Gasteiger partial charge in [-0.2, -0.15) is 0 Å². The van der Waals surface area contributed by atoms with Crippen LogP contribution in [0.5, 0.6) is 0 Å². The molecule has 0 spiro atoms. The maximum atomic E-state index is 13.5. The lowest BCUT2D eigenvalue weighted by Crippen LogP contribution is -2.61. The highest BCUT2D eigenvalue weighted by molar-refractivity contribution is 5.80. The number of hydrogen-bond donors (Lipinski definition) is 6. The molecule has 8 unspecified atom stereocenters. The van der Waals surface area contributed by atoms with Crippen molar-refractivity contribution in [3.63, 3.8) is 0 Å². The Labute approximate surface area is 499 Å². The fourth-order valence-electron chi connectivity index (χ4n) is 11.3. The van der Waals surface area contributed by atoms with Gasteiger partial charge in [-0.25, -0.2) is 0 Å². The molecule has 1 aliphatic rings. The summed E-state index contributed by atoms with van der Waals surface area (Å²) in [5.74, 6) is -1.18. The highest BCUT2D eigenvalue weighted by Gasteiger charge is 2.47. The van der Waals surface area contributed by atoms with E-state index in [1.165, 1.54) is 244 Å². The van der Waals surface area contributed by atoms with Crippen LogP contribution < -0.4 is 5.32 Å². The normalized spacial score (nSPS) is 18.7. The van der Waals surface area contributed by atoms with E-state index < -0.39 is 67.4 Å². The third-order valence-corrected chi connectivity index (χ3v) is 16.9. The Bertz CT molecular complexity index is 1410. The van der Waals surface area contributed by atoms with Gasteiger partial charge in [-0.1, -0.05) is 315 Å². The van der Waals surface area contributed by atoms with Crippen molar-refractivity contribution in [3.05, 3.63) is 24.3 Å². The number of aliphatic hydroxyl groups excluding tert-OH is 5. The summed E-state index contributed by atoms with van der Waals surface area (Å²) in [6.45, 7) is 5.84. The van der Waals surface area contributed by atoms with Crippen LogP contribution in [0.3, 0.4) is 0 Å². The van der Waals surface area contributed by atoms with Gasteiger partial charge in [0, 0.05) is 6.42 Å². The minimum Gasteiger partial charge on any atom is -0.454 e. The molecule has 8 atom stereocenters. The molecule has 0 radical (unpaired) electrons. The van der Waals surface area contributed by atoms with Gasteiger partial charge in [0.1, 0.15) is 24.4 Å². The van der Waals surface area contributed by atoms with Gasteiger partial charge in [-0.15, -0.1) is 0 Å². The molecule has 478 valence electrons. The third-order valence-electron chi connectivity index (χ3n) is 16.9. The summed E-state index contributed by atoms with van der Waals surface area (Å²) in [5, 5.41) is 57.2. The molecule has 1 amide bonds. The number of ether oxygens (including phenoxy) is 3. The Morgan fingerprint density at radius 2 is 0.815 bits per heavy atom. The van der Waals surface area contributed by atoms with Gasteiger partial charge < -0.3 is 45.1 Å². The highest BCUT2D eigenvalue weighted by Crippen LogP contribution is 2.26. The first-order valence-electron chi connectivity index (χ1n) is 35.1. The molecule has 6 N–H and O–H groups in total. The predicted octanol–water partition coefficient (Wildman–Crippen LogP) is 17.6. The molecule has 1 heterocycles. The zero-order valence-electron chi connectivity index (χ0n) is 53.2. The molecule has 11 heteroatoms. The standard InChI is InChI=1S/C70H133NO10/c1-4-7-10-13-16-19-22-25-27-28-29-30-31-32-33-34-35-37-39-42-45-48-51-54-57-63(74)69(78)71-61(62(73)56-53-50-47-44-41-38-24-21-18-15-12-9-6-3)60-79-70-68(67(77)66(76)64(59-72)80-70)81-65(75)58-55-52-49-46-43-40-36-26-23-20-17-14-11-8-5-2/h25,27,53,56,61-64,66-68,70,72-74,76-77H,4-24,26,28-52,54-55,57-60H2,1-3H3,(H,71,78)/b27-25+,56-53+. The number of nitrogens with one attached hydrogen (secondary N) is 1. The first-order chi connectivity index (χ1) is 39.7. The number of rotatable bonds is 61. The Morgan fingerprint density at radius 1 is 0.469 bits per heavy atom. The van der Waals surface area contributed by atoms with Gasteiger partial charge in [-0.05, 0) is 51.4 Å². The lowest BCUT2D eigenvalue weighted by molar-refractivity contribution is -0.305. The molecule has 0 saturated carbocycles. The van der Waals surface area contributed by atoms with Crippen molar-refractivity contribution in [3.8, 4) is 0 Å². The first kappa shape index (κ1) is 77.2. The van der Waals surface area contributed by atoms with E-state index in [0.717, 1.165) is 57.8 Å². The van der Waals surface area contributed by atoms with Crippen LogP contribution in [0.1, 0.15) is 348 Å². The summed E-state index contributed by atoms with van der Waals surface area (Å²) >= 11 is 0. The van der Waals surface area contributed by atoms with Crippen LogP contribution >= 0.6 is 0 Å². The summed E-state index contributed by atoms with van der Waals surface area (Å²) in [6.07, 6.45) is 59.4. The van der Waals surface area contributed by atoms with Crippen LogP contribution in [0.25, 0.3) is 0 Å². The zero-order valence-corrected chi connectivity index (χ0v) is 53.2. The minimum atomic E-state index is -1.61. The SMILES string of the molecule is CCCCCCCC/C=C/CCCCCCCCCCCCCCCCC(O)C(=O)NC(COC1OC(CO)C(O)C(O)C1OC(=O)CCCCCCCCCCCCCCCCC)C(O)/C=C/CCCCCCCCCCCCC. The van der Waals surface area contributed by atoms with Crippen molar-refractivity contribution in [1.29, 1.82) is 0 Å². The van der Waals surface area contributed by atoms with Crippen LogP contribution in [0.2, 0.25) is 0 Å². The molecule has 0 aromatic heterocycles. The molecule has 1 saturated heterocycles. The van der Waals surface area contributed by atoms with Gasteiger partial charge in [0.15, 0.2) is 12.4 Å². The van der Waals surface area contributed by atoms with Gasteiger partial charge in [0.2, 0.25) is 5.91 Å². The summed E-state index contributed by atoms with van der Waals surface area (Å²) in [4.78, 5) is 26.6. The number of carbonyl (C=O) groups excluding carboxylic acids is 2. The van der Waals surface area contributed by atoms with E-state index in [2.05, 4.69) is 38.2 Å². The number of esters is 1. The lowest BCUT2D eigenvalue weighted by atomic mass is 9.99. The zero-order chi connectivity index (χ0) is 58.9. The number of amides is 1. The molecule has 11 nitrogen and oxygen atoms in total. The highest BCUT2D eigenvalue weighted by atomic mass is 16.7. The van der Waals surface area contributed by atoms with Gasteiger partial charge >= 0.3 is 5.97 Å². The van der Waals surface area contributed by atoms with E-state index in [-0.39, 0.29) is 13.0 Å². The predicted molar refractivity (Wildman–Crippen MR) is 338 cm³/mol. The summed E-state index contributed by atoms with van der Waals surface area (Å²) in [6, 6.07) is -1.02. The monoisotopic (exact) mass is 1150 g/mol. The molecule has 0 aromatic carbocycles. The number of aliphatic hydroxyl groups is 5. The number of carbonyl (C=O) groups is 2. The second-order valence-electron chi connectivity index (χ2n) is 24.6. The first-order valence-corrected chi connectivity index (χ1v) is 35.1. The maximum absolute atomic E-state index is 13.5. The van der Waals surface area contributed by atoms with Crippen LogP contribution in [0.4, 0.5) is 0 Å². The fourth-order valence-corrected chi connectivity index (χ4v) is 11.3. The van der Waals surface area contributed by atoms with Crippen molar-refractivity contribution in [1.82, 2.24) is 5.32 Å². The average Bonchev–Trinajstić information content (AvgIpc) is 3.46. The summed E-state index contributed by atoms with van der Waals surface area (Å²) < 4.78 is 17.7.